The number of hydrogen-bond donors (Lipinski definition) is 1. The molecule has 2 nitrogen and oxygen atoms in total. The predicted molar refractivity (Wildman–Crippen MR) is 85.2 cm³/mol. The summed E-state index contributed by atoms with van der Waals surface area (Å²) in [7, 11) is 0. The van der Waals surface area contributed by atoms with Gasteiger partial charge in [-0.15, -0.1) is 0 Å². The number of aromatic nitrogens is 1. The molecule has 21 heavy (non-hydrogen) atoms. The zero-order valence-corrected chi connectivity index (χ0v) is 12.0. The summed E-state index contributed by atoms with van der Waals surface area (Å²) in [6, 6.07) is 19.7. The molecular weight excluding hydrogens is 282 g/mol. The summed E-state index contributed by atoms with van der Waals surface area (Å²) < 4.78 is 0. The SMILES string of the molecule is OC(c1ccc(-c2ccccc2)cc1)c1ccncc1Cl. The normalized spacial score (nSPS) is 12.1. The van der Waals surface area contributed by atoms with E-state index in [1.54, 1.807) is 18.5 Å². The second-order valence-electron chi connectivity index (χ2n) is 4.79. The number of pyridine rings is 1. The molecule has 0 aliphatic carbocycles. The summed E-state index contributed by atoms with van der Waals surface area (Å²) in [6.07, 6.45) is 2.42. The predicted octanol–water partition coefficient (Wildman–Crippen LogP) is 4.48. The highest BCUT2D eigenvalue weighted by atomic mass is 35.5. The summed E-state index contributed by atoms with van der Waals surface area (Å²) in [5, 5.41) is 10.9. The van der Waals surface area contributed by atoms with Crippen LogP contribution in [0.4, 0.5) is 0 Å². The van der Waals surface area contributed by atoms with Crippen LogP contribution in [0.3, 0.4) is 0 Å². The molecule has 0 saturated carbocycles. The Hall–Kier alpha value is -2.16. The van der Waals surface area contributed by atoms with Crippen LogP contribution in [0, 0.1) is 0 Å². The Balaban J connectivity index is 1.89. The Morgan fingerprint density at radius 1 is 0.857 bits per heavy atom. The average molecular weight is 296 g/mol. The number of aliphatic hydroxyl groups excluding tert-OH is 1. The lowest BCUT2D eigenvalue weighted by molar-refractivity contribution is 0.220. The molecule has 1 unspecified atom stereocenters. The van der Waals surface area contributed by atoms with Gasteiger partial charge >= 0.3 is 0 Å². The topological polar surface area (TPSA) is 33.1 Å². The molecule has 0 bridgehead atoms. The van der Waals surface area contributed by atoms with Gasteiger partial charge in [-0.1, -0.05) is 66.2 Å². The van der Waals surface area contributed by atoms with Crippen LogP contribution >= 0.6 is 11.6 Å². The molecule has 0 amide bonds. The summed E-state index contributed by atoms with van der Waals surface area (Å²) >= 11 is 6.07. The highest BCUT2D eigenvalue weighted by Crippen LogP contribution is 2.29. The van der Waals surface area contributed by atoms with Crippen LogP contribution in [0.2, 0.25) is 5.02 Å². The van der Waals surface area contributed by atoms with Gasteiger partial charge in [-0.2, -0.15) is 0 Å². The first-order valence-corrected chi connectivity index (χ1v) is 7.06. The van der Waals surface area contributed by atoms with Crippen LogP contribution in [-0.2, 0) is 0 Å². The van der Waals surface area contributed by atoms with Gasteiger partial charge in [0.2, 0.25) is 0 Å². The number of aliphatic hydroxyl groups is 1. The van der Waals surface area contributed by atoms with Gasteiger partial charge in [0.25, 0.3) is 0 Å². The lowest BCUT2D eigenvalue weighted by Gasteiger charge is -2.13. The number of hydrogen-bond acceptors (Lipinski definition) is 2. The van der Waals surface area contributed by atoms with Gasteiger partial charge in [-0.05, 0) is 22.8 Å². The number of rotatable bonds is 3. The second-order valence-corrected chi connectivity index (χ2v) is 5.19. The van der Waals surface area contributed by atoms with Gasteiger partial charge in [0.15, 0.2) is 0 Å². The minimum absolute atomic E-state index is 0.470. The molecule has 3 heteroatoms. The molecule has 0 saturated heterocycles. The van der Waals surface area contributed by atoms with Crippen molar-refractivity contribution >= 4 is 11.6 Å². The van der Waals surface area contributed by atoms with Crippen molar-refractivity contribution in [2.75, 3.05) is 0 Å². The van der Waals surface area contributed by atoms with Gasteiger partial charge < -0.3 is 5.11 Å². The molecule has 0 aliphatic rings. The lowest BCUT2D eigenvalue weighted by atomic mass is 9.99. The first-order chi connectivity index (χ1) is 10.3. The minimum atomic E-state index is -0.745. The molecule has 0 radical (unpaired) electrons. The largest absolute Gasteiger partial charge is 0.384 e. The molecule has 0 fully saturated rings. The lowest BCUT2D eigenvalue weighted by Crippen LogP contribution is -2.00. The smallest absolute Gasteiger partial charge is 0.106 e. The fraction of sp³-hybridized carbons (Fsp3) is 0.0556. The van der Waals surface area contributed by atoms with E-state index in [1.807, 2.05) is 42.5 Å². The third-order valence-corrected chi connectivity index (χ3v) is 3.75. The fourth-order valence-electron chi connectivity index (χ4n) is 2.28. The Morgan fingerprint density at radius 2 is 1.52 bits per heavy atom. The van der Waals surface area contributed by atoms with Crippen molar-refractivity contribution in [2.24, 2.45) is 0 Å². The van der Waals surface area contributed by atoms with Gasteiger partial charge in [0.1, 0.15) is 6.10 Å². The van der Waals surface area contributed by atoms with Crippen molar-refractivity contribution in [2.45, 2.75) is 6.10 Å². The van der Waals surface area contributed by atoms with Gasteiger partial charge in [-0.25, -0.2) is 0 Å². The van der Waals surface area contributed by atoms with E-state index in [1.165, 1.54) is 0 Å². The molecule has 1 aromatic heterocycles. The fourth-order valence-corrected chi connectivity index (χ4v) is 2.50. The van der Waals surface area contributed by atoms with Crippen molar-refractivity contribution in [3.8, 4) is 11.1 Å². The van der Waals surface area contributed by atoms with Gasteiger partial charge in [-0.3, -0.25) is 4.98 Å². The van der Waals surface area contributed by atoms with Gasteiger partial charge in [0.05, 0.1) is 5.02 Å². The van der Waals surface area contributed by atoms with Crippen LogP contribution in [0.15, 0.2) is 73.1 Å². The molecule has 104 valence electrons. The summed E-state index contributed by atoms with van der Waals surface area (Å²) in [4.78, 5) is 3.93. The first kappa shape index (κ1) is 13.8. The zero-order chi connectivity index (χ0) is 14.7. The second kappa shape index (κ2) is 6.08. The van der Waals surface area contributed by atoms with E-state index in [4.69, 9.17) is 11.6 Å². The molecular formula is C18H14ClNO. The highest BCUT2D eigenvalue weighted by Gasteiger charge is 2.13. The maximum Gasteiger partial charge on any atom is 0.106 e. The monoisotopic (exact) mass is 295 g/mol. The third kappa shape index (κ3) is 2.97. The van der Waals surface area contributed by atoms with Crippen LogP contribution < -0.4 is 0 Å². The molecule has 2 aromatic carbocycles. The average Bonchev–Trinajstić information content (AvgIpc) is 2.56. The van der Waals surface area contributed by atoms with E-state index in [2.05, 4.69) is 17.1 Å². The maximum absolute atomic E-state index is 10.4. The van der Waals surface area contributed by atoms with Crippen molar-refractivity contribution in [3.63, 3.8) is 0 Å². The standard InChI is InChI=1S/C18H14ClNO/c19-17-12-20-11-10-16(17)18(21)15-8-6-14(7-9-15)13-4-2-1-3-5-13/h1-12,18,21H. The van der Waals surface area contributed by atoms with Gasteiger partial charge in [0, 0.05) is 18.0 Å². The summed E-state index contributed by atoms with van der Waals surface area (Å²) in [5.41, 5.74) is 3.75. The van der Waals surface area contributed by atoms with Crippen molar-refractivity contribution < 1.29 is 5.11 Å². The number of nitrogens with zero attached hydrogens (tertiary/aromatic N) is 1. The van der Waals surface area contributed by atoms with Crippen LogP contribution in [0.25, 0.3) is 11.1 Å². The van der Waals surface area contributed by atoms with E-state index in [-0.39, 0.29) is 0 Å². The first-order valence-electron chi connectivity index (χ1n) is 6.68. The van der Waals surface area contributed by atoms with Crippen molar-refractivity contribution in [1.29, 1.82) is 0 Å². The van der Waals surface area contributed by atoms with Crippen molar-refractivity contribution in [1.82, 2.24) is 4.98 Å². The summed E-state index contributed by atoms with van der Waals surface area (Å²) in [6.45, 7) is 0. The minimum Gasteiger partial charge on any atom is -0.384 e. The summed E-state index contributed by atoms with van der Waals surface area (Å²) in [5.74, 6) is 0. The highest BCUT2D eigenvalue weighted by molar-refractivity contribution is 6.31. The number of halogens is 1. The molecule has 1 N–H and O–H groups in total. The maximum atomic E-state index is 10.4. The van der Waals surface area contributed by atoms with Crippen molar-refractivity contribution in [3.05, 3.63) is 89.2 Å². The molecule has 1 heterocycles. The van der Waals surface area contributed by atoms with E-state index < -0.39 is 6.10 Å². The molecule has 3 aromatic rings. The molecule has 0 aliphatic heterocycles. The van der Waals surface area contributed by atoms with E-state index in [0.717, 1.165) is 16.7 Å². The Labute approximate surface area is 128 Å². The van der Waals surface area contributed by atoms with Crippen LogP contribution in [-0.4, -0.2) is 10.1 Å². The molecule has 1 atom stereocenters. The zero-order valence-electron chi connectivity index (χ0n) is 11.3. The Bertz CT molecular complexity index is 726. The Morgan fingerprint density at radius 3 is 2.19 bits per heavy atom. The molecule has 3 rings (SSSR count). The molecule has 0 spiro atoms. The van der Waals surface area contributed by atoms with E-state index >= 15 is 0 Å². The number of benzene rings is 2. The Kier molecular flexibility index (Phi) is 4.00. The van der Waals surface area contributed by atoms with E-state index in [9.17, 15) is 5.11 Å². The third-order valence-electron chi connectivity index (χ3n) is 3.43. The van der Waals surface area contributed by atoms with Crippen LogP contribution in [0.5, 0.6) is 0 Å². The van der Waals surface area contributed by atoms with E-state index in [0.29, 0.717) is 10.6 Å². The quantitative estimate of drug-likeness (QED) is 0.772. The van der Waals surface area contributed by atoms with Crippen LogP contribution in [0.1, 0.15) is 17.2 Å².